The van der Waals surface area contributed by atoms with Crippen LogP contribution in [0.4, 0.5) is 15.8 Å². The van der Waals surface area contributed by atoms with Gasteiger partial charge in [0, 0.05) is 18.7 Å². The number of carbonyl (C=O) groups excluding carboxylic acids is 3. The fourth-order valence-corrected chi connectivity index (χ4v) is 3.60. The number of hydrogen-bond donors (Lipinski definition) is 1. The average Bonchev–Trinajstić information content (AvgIpc) is 3.09. The Kier molecular flexibility index (Phi) is 7.61. The molecule has 0 radical (unpaired) electrons. The number of aliphatic hydroxyl groups is 1. The van der Waals surface area contributed by atoms with E-state index in [1.807, 2.05) is 6.92 Å². The van der Waals surface area contributed by atoms with E-state index in [0.29, 0.717) is 17.1 Å². The smallest absolute Gasteiger partial charge is 0.311 e. The second kappa shape index (κ2) is 10.2. The van der Waals surface area contributed by atoms with Crippen molar-refractivity contribution in [1.29, 1.82) is 0 Å². The van der Waals surface area contributed by atoms with Gasteiger partial charge in [0.25, 0.3) is 11.8 Å². The van der Waals surface area contributed by atoms with Gasteiger partial charge >= 0.3 is 5.97 Å². The Morgan fingerprint density at radius 1 is 1.18 bits per heavy atom. The summed E-state index contributed by atoms with van der Waals surface area (Å²) in [5.41, 5.74) is 0.176. The Labute approximate surface area is 199 Å². The number of carbonyl (C=O) groups is 3. The lowest BCUT2D eigenvalue weighted by molar-refractivity contribution is -0.134. The Bertz CT molecular complexity index is 1150. The van der Waals surface area contributed by atoms with Crippen molar-refractivity contribution in [3.05, 3.63) is 63.6 Å². The topological polar surface area (TPSA) is 87.2 Å². The van der Waals surface area contributed by atoms with E-state index in [0.717, 1.165) is 11.0 Å². The van der Waals surface area contributed by atoms with E-state index in [1.54, 1.807) is 13.0 Å². The summed E-state index contributed by atoms with van der Waals surface area (Å²) in [5.74, 6) is -4.30. The number of hydrogen-bond acceptors (Lipinski definition) is 5. The van der Waals surface area contributed by atoms with E-state index in [4.69, 9.17) is 27.9 Å². The molecule has 174 valence electrons. The zero-order valence-electron chi connectivity index (χ0n) is 17.9. The third-order valence-corrected chi connectivity index (χ3v) is 5.70. The zero-order valence-corrected chi connectivity index (χ0v) is 19.4. The van der Waals surface area contributed by atoms with E-state index in [2.05, 4.69) is 0 Å². The quantitative estimate of drug-likeness (QED) is 0.429. The summed E-state index contributed by atoms with van der Waals surface area (Å²) in [6.45, 7) is 3.34. The number of amides is 2. The van der Waals surface area contributed by atoms with Crippen LogP contribution in [0.5, 0.6) is 5.75 Å². The fourth-order valence-electron chi connectivity index (χ4n) is 3.31. The van der Waals surface area contributed by atoms with Gasteiger partial charge in [-0.05, 0) is 36.8 Å². The van der Waals surface area contributed by atoms with Crippen molar-refractivity contribution >= 4 is 52.4 Å². The lowest BCUT2D eigenvalue weighted by Crippen LogP contribution is -2.35. The van der Waals surface area contributed by atoms with E-state index in [1.165, 1.54) is 29.2 Å². The van der Waals surface area contributed by atoms with Crippen molar-refractivity contribution in [2.45, 2.75) is 26.7 Å². The number of para-hydroxylation sites is 1. The molecular formula is C23H21Cl2FN2O5. The van der Waals surface area contributed by atoms with Gasteiger partial charge in [0.05, 0.1) is 27.9 Å². The van der Waals surface area contributed by atoms with Crippen LogP contribution >= 0.6 is 23.2 Å². The van der Waals surface area contributed by atoms with Crippen molar-refractivity contribution in [1.82, 2.24) is 0 Å². The molecule has 7 nitrogen and oxygen atoms in total. The largest absolute Gasteiger partial charge is 0.503 e. The van der Waals surface area contributed by atoms with Crippen LogP contribution in [0.3, 0.4) is 0 Å². The van der Waals surface area contributed by atoms with Crippen LogP contribution in [0.2, 0.25) is 10.0 Å². The van der Waals surface area contributed by atoms with Crippen LogP contribution in [-0.4, -0.2) is 36.0 Å². The fraction of sp³-hybridized carbons (Fsp3) is 0.261. The number of rotatable bonds is 7. The maximum absolute atomic E-state index is 14.4. The number of aliphatic hydroxyl groups excluding tert-OH is 1. The average molecular weight is 495 g/mol. The third kappa shape index (κ3) is 4.96. The number of anilines is 2. The van der Waals surface area contributed by atoms with E-state index in [9.17, 15) is 23.9 Å². The summed E-state index contributed by atoms with van der Waals surface area (Å²) in [5, 5.41) is 11.1. The Morgan fingerprint density at radius 2 is 1.91 bits per heavy atom. The van der Waals surface area contributed by atoms with Crippen LogP contribution < -0.4 is 14.5 Å². The molecule has 10 heteroatoms. The molecule has 2 amide bonds. The van der Waals surface area contributed by atoms with Crippen LogP contribution in [0.25, 0.3) is 0 Å². The molecule has 1 N–H and O–H groups in total. The molecule has 3 rings (SSSR count). The summed E-state index contributed by atoms with van der Waals surface area (Å²) in [7, 11) is 0. The second-order valence-corrected chi connectivity index (χ2v) is 8.00. The van der Waals surface area contributed by atoms with Gasteiger partial charge in [-0.25, -0.2) is 4.39 Å². The summed E-state index contributed by atoms with van der Waals surface area (Å²) >= 11 is 12.1. The van der Waals surface area contributed by atoms with Gasteiger partial charge in [0.1, 0.15) is 0 Å². The molecule has 0 saturated carbocycles. The van der Waals surface area contributed by atoms with Gasteiger partial charge < -0.3 is 14.7 Å². The molecule has 33 heavy (non-hydrogen) atoms. The van der Waals surface area contributed by atoms with Crippen molar-refractivity contribution in [3.63, 3.8) is 0 Å². The lowest BCUT2D eigenvalue weighted by Gasteiger charge is -2.24. The molecule has 0 saturated heterocycles. The molecule has 1 aliphatic heterocycles. The molecule has 0 spiro atoms. The predicted molar refractivity (Wildman–Crippen MR) is 123 cm³/mol. The first-order chi connectivity index (χ1) is 15.7. The lowest BCUT2D eigenvalue weighted by atomic mass is 10.2. The molecule has 1 aliphatic rings. The molecule has 2 aromatic rings. The molecule has 0 aromatic heterocycles. The molecule has 2 aromatic carbocycles. The predicted octanol–water partition coefficient (Wildman–Crippen LogP) is 5.05. The molecule has 0 unspecified atom stereocenters. The van der Waals surface area contributed by atoms with Crippen LogP contribution in [-0.2, 0) is 14.4 Å². The SMILES string of the molecule is CCCN(C(=O)C1=C(O)C(=O)N(c2cccc(F)c2OC(=O)CC)C1)c1ccc(Cl)c(Cl)c1. The van der Waals surface area contributed by atoms with Crippen molar-refractivity contribution in [2.24, 2.45) is 0 Å². The first-order valence-corrected chi connectivity index (χ1v) is 10.9. The first kappa shape index (κ1) is 24.5. The first-order valence-electron chi connectivity index (χ1n) is 10.2. The monoisotopic (exact) mass is 494 g/mol. The standard InChI is InChI=1S/C23H21Cl2FN2O5/c1-3-10-27(13-8-9-15(24)16(25)11-13)22(31)14-12-28(23(32)20(14)30)18-7-5-6-17(26)21(18)33-19(29)4-2/h5-9,11,30H,3-4,10,12H2,1-2H3. The van der Waals surface area contributed by atoms with Crippen LogP contribution in [0.1, 0.15) is 26.7 Å². The normalized spacial score (nSPS) is 13.5. The molecule has 0 fully saturated rings. The number of ether oxygens (including phenoxy) is 1. The van der Waals surface area contributed by atoms with Gasteiger partial charge in [-0.2, -0.15) is 0 Å². The van der Waals surface area contributed by atoms with Gasteiger partial charge in [-0.1, -0.05) is 43.1 Å². The summed E-state index contributed by atoms with van der Waals surface area (Å²) in [6, 6.07) is 8.42. The zero-order chi connectivity index (χ0) is 24.3. The van der Waals surface area contributed by atoms with Crippen LogP contribution in [0, 0.1) is 5.82 Å². The van der Waals surface area contributed by atoms with E-state index >= 15 is 0 Å². The molecule has 0 atom stereocenters. The van der Waals surface area contributed by atoms with Gasteiger partial charge in [0.2, 0.25) is 0 Å². The maximum atomic E-state index is 14.4. The highest BCUT2D eigenvalue weighted by Crippen LogP contribution is 2.36. The summed E-state index contributed by atoms with van der Waals surface area (Å²) < 4.78 is 19.5. The highest BCUT2D eigenvalue weighted by atomic mass is 35.5. The minimum Gasteiger partial charge on any atom is -0.503 e. The highest BCUT2D eigenvalue weighted by molar-refractivity contribution is 6.42. The highest BCUT2D eigenvalue weighted by Gasteiger charge is 2.38. The van der Waals surface area contributed by atoms with Gasteiger partial charge in [-0.3, -0.25) is 19.3 Å². The molecule has 0 bridgehead atoms. The van der Waals surface area contributed by atoms with Crippen LogP contribution in [0.15, 0.2) is 47.7 Å². The van der Waals surface area contributed by atoms with Crippen molar-refractivity contribution in [3.8, 4) is 5.75 Å². The second-order valence-electron chi connectivity index (χ2n) is 7.19. The number of halogens is 3. The Morgan fingerprint density at radius 3 is 2.55 bits per heavy atom. The minimum atomic E-state index is -0.914. The van der Waals surface area contributed by atoms with E-state index in [-0.39, 0.29) is 35.8 Å². The Balaban J connectivity index is 1.96. The molecule has 1 heterocycles. The maximum Gasteiger partial charge on any atom is 0.311 e. The van der Waals surface area contributed by atoms with Crippen molar-refractivity contribution < 1.29 is 28.6 Å². The minimum absolute atomic E-state index is 0.00934. The van der Waals surface area contributed by atoms with E-state index < -0.39 is 35.1 Å². The number of esters is 1. The summed E-state index contributed by atoms with van der Waals surface area (Å²) in [6.07, 6.45) is 0.573. The van der Waals surface area contributed by atoms with Gasteiger partial charge in [-0.15, -0.1) is 0 Å². The van der Waals surface area contributed by atoms with Crippen molar-refractivity contribution in [2.75, 3.05) is 22.9 Å². The molecule has 0 aliphatic carbocycles. The molecular weight excluding hydrogens is 474 g/mol. The summed E-state index contributed by atoms with van der Waals surface area (Å²) in [4.78, 5) is 40.2. The third-order valence-electron chi connectivity index (χ3n) is 4.96. The number of benzene rings is 2. The van der Waals surface area contributed by atoms with Gasteiger partial charge in [0.15, 0.2) is 17.3 Å². The number of nitrogens with zero attached hydrogens (tertiary/aromatic N) is 2. The Hall–Kier alpha value is -3.10.